The number of benzene rings is 1. The number of ether oxygens (including phenoxy) is 1. The topological polar surface area (TPSA) is 80.7 Å². The van der Waals surface area contributed by atoms with E-state index in [0.29, 0.717) is 11.1 Å². The number of carbonyl (C=O) groups is 3. The molecule has 0 aliphatic carbocycles. The van der Waals surface area contributed by atoms with Crippen LogP contribution in [0.2, 0.25) is 0 Å². The molecule has 0 saturated carbocycles. The molecule has 1 aromatic carbocycles. The third-order valence-electron chi connectivity index (χ3n) is 2.47. The number of hydrogen-bond donors (Lipinski definition) is 1. The number of rotatable bonds is 2. The number of carbonyl (C=O) groups excluding carboxylic acids is 2. The van der Waals surface area contributed by atoms with Crippen LogP contribution >= 0.6 is 0 Å². The van der Waals surface area contributed by atoms with E-state index in [0.717, 1.165) is 6.07 Å². The van der Waals surface area contributed by atoms with E-state index in [1.807, 2.05) is 0 Å². The zero-order valence-corrected chi connectivity index (χ0v) is 8.94. The van der Waals surface area contributed by atoms with Crippen LogP contribution in [0.3, 0.4) is 0 Å². The van der Waals surface area contributed by atoms with Crippen LogP contribution < -0.4 is 0 Å². The molecular formula is C12H8O5. The maximum Gasteiger partial charge on any atom is 0.346 e. The highest BCUT2D eigenvalue weighted by atomic mass is 16.6. The van der Waals surface area contributed by atoms with Crippen molar-refractivity contribution < 1.29 is 24.2 Å². The molecule has 0 spiro atoms. The van der Waals surface area contributed by atoms with Crippen molar-refractivity contribution in [2.75, 3.05) is 0 Å². The van der Waals surface area contributed by atoms with Gasteiger partial charge in [-0.25, -0.2) is 14.4 Å². The monoisotopic (exact) mass is 232 g/mol. The maximum atomic E-state index is 11.3. The van der Waals surface area contributed by atoms with E-state index in [-0.39, 0.29) is 16.7 Å². The number of cyclic esters (lactones) is 2. The van der Waals surface area contributed by atoms with E-state index in [1.165, 1.54) is 6.07 Å². The van der Waals surface area contributed by atoms with E-state index in [1.54, 1.807) is 6.92 Å². The van der Waals surface area contributed by atoms with Gasteiger partial charge in [0.2, 0.25) is 0 Å². The van der Waals surface area contributed by atoms with Crippen LogP contribution in [-0.2, 0) is 4.74 Å². The van der Waals surface area contributed by atoms with E-state index in [4.69, 9.17) is 5.11 Å². The summed E-state index contributed by atoms with van der Waals surface area (Å²) in [7, 11) is 0. The standard InChI is InChI=1S/C12H8O5/c1-5(2)6-3-8-9(4-7(6)10(13)14)12(16)17-11(8)15/h3-4H,1H2,2H3,(H,13,14). The first-order chi connectivity index (χ1) is 7.91. The molecule has 0 radical (unpaired) electrons. The quantitative estimate of drug-likeness (QED) is 0.620. The third-order valence-corrected chi connectivity index (χ3v) is 2.47. The van der Waals surface area contributed by atoms with Gasteiger partial charge in [0, 0.05) is 0 Å². The zero-order valence-electron chi connectivity index (χ0n) is 8.94. The summed E-state index contributed by atoms with van der Waals surface area (Å²) in [5.74, 6) is -2.76. The first-order valence-electron chi connectivity index (χ1n) is 4.75. The van der Waals surface area contributed by atoms with Crippen molar-refractivity contribution in [2.45, 2.75) is 6.92 Å². The lowest BCUT2D eigenvalue weighted by Gasteiger charge is -2.06. The molecule has 0 fully saturated rings. The predicted molar refractivity (Wildman–Crippen MR) is 57.9 cm³/mol. The van der Waals surface area contributed by atoms with E-state index in [9.17, 15) is 14.4 Å². The lowest BCUT2D eigenvalue weighted by Crippen LogP contribution is -2.05. The van der Waals surface area contributed by atoms with Gasteiger partial charge in [-0.15, -0.1) is 0 Å². The first-order valence-corrected chi connectivity index (χ1v) is 4.75. The molecule has 1 aliphatic heterocycles. The van der Waals surface area contributed by atoms with Crippen molar-refractivity contribution in [1.29, 1.82) is 0 Å². The fourth-order valence-corrected chi connectivity index (χ4v) is 1.66. The van der Waals surface area contributed by atoms with Crippen molar-refractivity contribution in [1.82, 2.24) is 0 Å². The minimum absolute atomic E-state index is 0.0163. The molecule has 0 atom stereocenters. The zero-order chi connectivity index (χ0) is 12.7. The Kier molecular flexibility index (Phi) is 2.31. The highest BCUT2D eigenvalue weighted by Gasteiger charge is 2.32. The van der Waals surface area contributed by atoms with Gasteiger partial charge in [0.1, 0.15) is 0 Å². The molecule has 1 aliphatic rings. The number of carboxylic acids is 1. The van der Waals surface area contributed by atoms with Crippen molar-refractivity contribution in [3.63, 3.8) is 0 Å². The van der Waals surface area contributed by atoms with Gasteiger partial charge in [-0.1, -0.05) is 12.2 Å². The van der Waals surface area contributed by atoms with Crippen molar-refractivity contribution in [3.8, 4) is 0 Å². The molecule has 86 valence electrons. The highest BCUT2D eigenvalue weighted by Crippen LogP contribution is 2.27. The molecule has 5 nitrogen and oxygen atoms in total. The molecule has 17 heavy (non-hydrogen) atoms. The van der Waals surface area contributed by atoms with Crippen LogP contribution in [0.25, 0.3) is 5.57 Å². The van der Waals surface area contributed by atoms with Crippen LogP contribution in [0.5, 0.6) is 0 Å². The lowest BCUT2D eigenvalue weighted by molar-refractivity contribution is 0.0443. The number of hydrogen-bond acceptors (Lipinski definition) is 4. The Hall–Kier alpha value is -2.43. The van der Waals surface area contributed by atoms with Crippen molar-refractivity contribution >= 4 is 23.5 Å². The first kappa shape index (κ1) is 11.1. The maximum absolute atomic E-state index is 11.3. The average molecular weight is 232 g/mol. The second-order valence-corrected chi connectivity index (χ2v) is 3.71. The van der Waals surface area contributed by atoms with Gasteiger partial charge in [-0.05, 0) is 24.6 Å². The number of carboxylic acid groups (broad SMARTS) is 1. The second kappa shape index (κ2) is 3.55. The smallest absolute Gasteiger partial charge is 0.346 e. The normalized spacial score (nSPS) is 13.2. The Labute approximate surface area is 96.3 Å². The third kappa shape index (κ3) is 1.61. The van der Waals surface area contributed by atoms with E-state index >= 15 is 0 Å². The van der Waals surface area contributed by atoms with Crippen LogP contribution in [0.1, 0.15) is 43.6 Å². The van der Waals surface area contributed by atoms with Gasteiger partial charge in [0.25, 0.3) is 0 Å². The lowest BCUT2D eigenvalue weighted by atomic mass is 9.96. The molecule has 0 saturated heterocycles. The largest absolute Gasteiger partial charge is 0.478 e. The number of allylic oxidation sites excluding steroid dienone is 1. The Balaban J connectivity index is 2.76. The fourth-order valence-electron chi connectivity index (χ4n) is 1.66. The molecule has 1 aromatic rings. The molecular weight excluding hydrogens is 224 g/mol. The SMILES string of the molecule is C=C(C)c1cc2c(cc1C(=O)O)C(=O)OC2=O. The second-order valence-electron chi connectivity index (χ2n) is 3.71. The van der Waals surface area contributed by atoms with Crippen molar-refractivity contribution in [2.24, 2.45) is 0 Å². The number of aromatic carboxylic acids is 1. The summed E-state index contributed by atoms with van der Waals surface area (Å²) in [6, 6.07) is 2.48. The minimum atomic E-state index is -1.18. The predicted octanol–water partition coefficient (Wildman–Crippen LogP) is 1.73. The Morgan fingerprint density at radius 3 is 2.06 bits per heavy atom. The van der Waals surface area contributed by atoms with E-state index < -0.39 is 17.9 Å². The average Bonchev–Trinajstić information content (AvgIpc) is 2.52. The van der Waals surface area contributed by atoms with E-state index in [2.05, 4.69) is 11.3 Å². The molecule has 0 aromatic heterocycles. The number of esters is 2. The summed E-state index contributed by atoms with van der Waals surface area (Å²) in [6.07, 6.45) is 0. The Bertz CT molecular complexity index is 532. The summed E-state index contributed by atoms with van der Waals surface area (Å²) < 4.78 is 4.40. The number of fused-ring (bicyclic) bond motifs is 1. The molecule has 2 rings (SSSR count). The summed E-state index contributed by atoms with van der Waals surface area (Å²) in [5, 5.41) is 9.02. The molecule has 5 heteroatoms. The summed E-state index contributed by atoms with van der Waals surface area (Å²) >= 11 is 0. The van der Waals surface area contributed by atoms with Crippen LogP contribution in [0, 0.1) is 0 Å². The summed E-state index contributed by atoms with van der Waals surface area (Å²) in [5.41, 5.74) is 0.818. The van der Waals surface area contributed by atoms with Crippen LogP contribution in [0.4, 0.5) is 0 Å². The van der Waals surface area contributed by atoms with Crippen LogP contribution in [0.15, 0.2) is 18.7 Å². The highest BCUT2D eigenvalue weighted by molar-refractivity contribution is 6.16. The van der Waals surface area contributed by atoms with Gasteiger partial charge >= 0.3 is 17.9 Å². The Morgan fingerprint density at radius 2 is 1.65 bits per heavy atom. The molecule has 0 bridgehead atoms. The van der Waals surface area contributed by atoms with Crippen LogP contribution in [-0.4, -0.2) is 23.0 Å². The van der Waals surface area contributed by atoms with Gasteiger partial charge in [0.15, 0.2) is 0 Å². The van der Waals surface area contributed by atoms with Gasteiger partial charge in [-0.3, -0.25) is 0 Å². The van der Waals surface area contributed by atoms with Crippen molar-refractivity contribution in [3.05, 3.63) is 41.0 Å². The molecule has 1 heterocycles. The van der Waals surface area contributed by atoms with Gasteiger partial charge in [-0.2, -0.15) is 0 Å². The minimum Gasteiger partial charge on any atom is -0.478 e. The Morgan fingerprint density at radius 1 is 1.18 bits per heavy atom. The van der Waals surface area contributed by atoms with Gasteiger partial charge < -0.3 is 9.84 Å². The van der Waals surface area contributed by atoms with Gasteiger partial charge in [0.05, 0.1) is 16.7 Å². The molecule has 0 unspecified atom stereocenters. The molecule has 1 N–H and O–H groups in total. The summed E-state index contributed by atoms with van der Waals surface area (Å²) in [6.45, 7) is 5.26. The molecule has 0 amide bonds. The summed E-state index contributed by atoms with van der Waals surface area (Å²) in [4.78, 5) is 33.6. The fraction of sp³-hybridized carbons (Fsp3) is 0.0833.